The smallest absolute Gasteiger partial charge is 0.124 e. The molecule has 0 bridgehead atoms. The molecule has 0 aliphatic heterocycles. The normalized spacial score (nSPS) is 10.7. The largest absolute Gasteiger partial charge is 0.489 e. The summed E-state index contributed by atoms with van der Waals surface area (Å²) in [7, 11) is 0. The van der Waals surface area contributed by atoms with Crippen LogP contribution in [0.5, 0.6) is 5.75 Å². The second kappa shape index (κ2) is 8.84. The van der Waals surface area contributed by atoms with Crippen molar-refractivity contribution < 1.29 is 9.13 Å². The fourth-order valence-corrected chi connectivity index (χ4v) is 2.81. The van der Waals surface area contributed by atoms with E-state index in [1.807, 2.05) is 18.2 Å². The Hall–Kier alpha value is -2.36. The Kier molecular flexibility index (Phi) is 6.26. The van der Waals surface area contributed by atoms with Gasteiger partial charge in [0.25, 0.3) is 0 Å². The van der Waals surface area contributed by atoms with E-state index < -0.39 is 0 Å². The zero-order valence-electron chi connectivity index (χ0n) is 14.6. The van der Waals surface area contributed by atoms with Gasteiger partial charge in [0, 0.05) is 23.7 Å². The highest BCUT2D eigenvalue weighted by Crippen LogP contribution is 2.24. The van der Waals surface area contributed by atoms with Gasteiger partial charge in [-0.05, 0) is 48.4 Å². The van der Waals surface area contributed by atoms with E-state index in [2.05, 4.69) is 36.5 Å². The molecular weight excluding hydrogens is 349 g/mol. The third-order valence-corrected chi connectivity index (χ3v) is 4.33. The van der Waals surface area contributed by atoms with E-state index in [1.54, 1.807) is 12.1 Å². The molecule has 0 radical (unpaired) electrons. The van der Waals surface area contributed by atoms with Gasteiger partial charge in [-0.15, -0.1) is 0 Å². The Morgan fingerprint density at radius 3 is 2.31 bits per heavy atom. The van der Waals surface area contributed by atoms with E-state index in [1.165, 1.54) is 23.3 Å². The van der Waals surface area contributed by atoms with E-state index >= 15 is 0 Å². The van der Waals surface area contributed by atoms with Crippen molar-refractivity contribution in [2.24, 2.45) is 0 Å². The van der Waals surface area contributed by atoms with Gasteiger partial charge in [0.05, 0.1) is 0 Å². The predicted octanol–water partition coefficient (Wildman–Crippen LogP) is 5.66. The second-order valence-corrected chi connectivity index (χ2v) is 6.69. The zero-order chi connectivity index (χ0) is 18.4. The Balaban J connectivity index is 1.61. The first-order chi connectivity index (χ1) is 12.6. The summed E-state index contributed by atoms with van der Waals surface area (Å²) in [6.45, 7) is 3.87. The first kappa shape index (κ1) is 18.4. The van der Waals surface area contributed by atoms with Crippen LogP contribution < -0.4 is 10.1 Å². The van der Waals surface area contributed by atoms with Crippen molar-refractivity contribution in [2.45, 2.75) is 26.6 Å². The van der Waals surface area contributed by atoms with Crippen molar-refractivity contribution in [1.82, 2.24) is 5.32 Å². The third-order valence-electron chi connectivity index (χ3n) is 4.10. The first-order valence-corrected chi connectivity index (χ1v) is 8.90. The average molecular weight is 370 g/mol. The number of ether oxygens (including phenoxy) is 1. The highest BCUT2D eigenvalue weighted by Gasteiger charge is 2.06. The molecular formula is C22H21ClFNO. The highest BCUT2D eigenvalue weighted by molar-refractivity contribution is 6.30. The SMILES string of the molecule is Cc1ccc(CNCc2cc(Cl)ccc2OCc2ccc(F)cc2)cc1. The first-order valence-electron chi connectivity index (χ1n) is 8.52. The van der Waals surface area contributed by atoms with E-state index in [0.717, 1.165) is 23.4 Å². The number of hydrogen-bond donors (Lipinski definition) is 1. The van der Waals surface area contributed by atoms with Crippen LogP contribution in [0.2, 0.25) is 5.02 Å². The Morgan fingerprint density at radius 1 is 0.885 bits per heavy atom. The number of rotatable bonds is 7. The fourth-order valence-electron chi connectivity index (χ4n) is 2.62. The Morgan fingerprint density at radius 2 is 1.58 bits per heavy atom. The fraction of sp³-hybridized carbons (Fsp3) is 0.182. The molecule has 26 heavy (non-hydrogen) atoms. The summed E-state index contributed by atoms with van der Waals surface area (Å²) in [5, 5.41) is 4.09. The average Bonchev–Trinajstić information content (AvgIpc) is 2.64. The molecule has 0 unspecified atom stereocenters. The van der Waals surface area contributed by atoms with Crippen molar-refractivity contribution in [3.05, 3.63) is 99.8 Å². The summed E-state index contributed by atoms with van der Waals surface area (Å²) >= 11 is 6.14. The molecule has 0 aliphatic rings. The minimum absolute atomic E-state index is 0.249. The van der Waals surface area contributed by atoms with Crippen molar-refractivity contribution in [3.8, 4) is 5.75 Å². The van der Waals surface area contributed by atoms with Crippen LogP contribution in [0.4, 0.5) is 4.39 Å². The highest BCUT2D eigenvalue weighted by atomic mass is 35.5. The number of aryl methyl sites for hydroxylation is 1. The molecule has 0 spiro atoms. The second-order valence-electron chi connectivity index (χ2n) is 6.26. The predicted molar refractivity (Wildman–Crippen MR) is 104 cm³/mol. The van der Waals surface area contributed by atoms with Crippen LogP contribution in [-0.4, -0.2) is 0 Å². The molecule has 1 N–H and O–H groups in total. The molecule has 0 aliphatic carbocycles. The molecule has 0 amide bonds. The van der Waals surface area contributed by atoms with Crippen LogP contribution in [0.1, 0.15) is 22.3 Å². The summed E-state index contributed by atoms with van der Waals surface area (Å²) in [5.74, 6) is 0.524. The molecule has 3 aromatic carbocycles. The minimum Gasteiger partial charge on any atom is -0.489 e. The molecule has 0 heterocycles. The quantitative estimate of drug-likeness (QED) is 0.580. The van der Waals surface area contributed by atoms with Gasteiger partial charge in [-0.3, -0.25) is 0 Å². The van der Waals surface area contributed by atoms with Crippen molar-refractivity contribution in [2.75, 3.05) is 0 Å². The lowest BCUT2D eigenvalue weighted by atomic mass is 10.1. The van der Waals surface area contributed by atoms with Gasteiger partial charge in [-0.2, -0.15) is 0 Å². The monoisotopic (exact) mass is 369 g/mol. The van der Waals surface area contributed by atoms with E-state index in [0.29, 0.717) is 18.2 Å². The maximum absolute atomic E-state index is 13.0. The molecule has 0 saturated carbocycles. The molecule has 0 atom stereocenters. The number of benzene rings is 3. The molecule has 3 rings (SSSR count). The molecule has 0 saturated heterocycles. The topological polar surface area (TPSA) is 21.3 Å². The van der Waals surface area contributed by atoms with Gasteiger partial charge in [0.15, 0.2) is 0 Å². The van der Waals surface area contributed by atoms with Crippen LogP contribution in [0, 0.1) is 12.7 Å². The van der Waals surface area contributed by atoms with Crippen LogP contribution in [0.25, 0.3) is 0 Å². The number of halogens is 2. The summed E-state index contributed by atoms with van der Waals surface area (Å²) in [6.07, 6.45) is 0. The van der Waals surface area contributed by atoms with Crippen LogP contribution >= 0.6 is 11.6 Å². The lowest BCUT2D eigenvalue weighted by molar-refractivity contribution is 0.302. The lowest BCUT2D eigenvalue weighted by Gasteiger charge is -2.13. The Bertz CT molecular complexity index is 847. The Labute approximate surface area is 158 Å². The van der Waals surface area contributed by atoms with E-state index in [-0.39, 0.29) is 5.82 Å². The van der Waals surface area contributed by atoms with Crippen LogP contribution in [0.3, 0.4) is 0 Å². The van der Waals surface area contributed by atoms with Gasteiger partial charge in [-0.25, -0.2) is 4.39 Å². The van der Waals surface area contributed by atoms with Gasteiger partial charge >= 0.3 is 0 Å². The van der Waals surface area contributed by atoms with E-state index in [9.17, 15) is 4.39 Å². The van der Waals surface area contributed by atoms with Crippen molar-refractivity contribution >= 4 is 11.6 Å². The molecule has 0 aromatic heterocycles. The molecule has 0 fully saturated rings. The van der Waals surface area contributed by atoms with Gasteiger partial charge in [0.1, 0.15) is 18.2 Å². The number of hydrogen-bond acceptors (Lipinski definition) is 2. The molecule has 2 nitrogen and oxygen atoms in total. The maximum Gasteiger partial charge on any atom is 0.124 e. The molecule has 134 valence electrons. The van der Waals surface area contributed by atoms with Gasteiger partial charge < -0.3 is 10.1 Å². The standard InChI is InChI=1S/C22H21ClFNO/c1-16-2-4-17(5-3-16)13-25-14-19-12-20(23)8-11-22(19)26-15-18-6-9-21(24)10-7-18/h2-12,25H,13-15H2,1H3. The van der Waals surface area contributed by atoms with E-state index in [4.69, 9.17) is 16.3 Å². The van der Waals surface area contributed by atoms with Gasteiger partial charge in [0.2, 0.25) is 0 Å². The van der Waals surface area contributed by atoms with Crippen molar-refractivity contribution in [3.63, 3.8) is 0 Å². The minimum atomic E-state index is -0.249. The summed E-state index contributed by atoms with van der Waals surface area (Å²) in [4.78, 5) is 0. The molecule has 4 heteroatoms. The third kappa shape index (κ3) is 5.32. The lowest BCUT2D eigenvalue weighted by Crippen LogP contribution is -2.13. The summed E-state index contributed by atoms with van der Waals surface area (Å²) in [5.41, 5.74) is 4.39. The maximum atomic E-state index is 13.0. The molecule has 3 aromatic rings. The summed E-state index contributed by atoms with van der Waals surface area (Å²) < 4.78 is 18.9. The van der Waals surface area contributed by atoms with Gasteiger partial charge in [-0.1, -0.05) is 53.6 Å². The number of nitrogens with one attached hydrogen (secondary N) is 1. The summed E-state index contributed by atoms with van der Waals surface area (Å²) in [6, 6.07) is 20.3. The van der Waals surface area contributed by atoms with Crippen molar-refractivity contribution in [1.29, 1.82) is 0 Å². The zero-order valence-corrected chi connectivity index (χ0v) is 15.4. The van der Waals surface area contributed by atoms with Crippen LogP contribution in [0.15, 0.2) is 66.7 Å². The van der Waals surface area contributed by atoms with Crippen LogP contribution in [-0.2, 0) is 19.7 Å².